The summed E-state index contributed by atoms with van der Waals surface area (Å²) >= 11 is 9.64. The van der Waals surface area contributed by atoms with Gasteiger partial charge in [0.05, 0.1) is 10.6 Å². The highest BCUT2D eigenvalue weighted by molar-refractivity contribution is 9.10. The summed E-state index contributed by atoms with van der Waals surface area (Å²) < 4.78 is 30.1. The molecule has 2 atom stereocenters. The third-order valence-corrected chi connectivity index (χ3v) is 10.0. The molecule has 45 heavy (non-hydrogen) atoms. The molecule has 4 aromatic carbocycles. The van der Waals surface area contributed by atoms with Crippen molar-refractivity contribution in [3.63, 3.8) is 0 Å². The van der Waals surface area contributed by atoms with Crippen molar-refractivity contribution in [1.29, 1.82) is 0 Å². The SMILES string of the molecule is CCC(C)NC(=O)C(Cc1ccccc1)N(Cc1cccc(Br)c1)C(=O)CN(c1ccc(Cl)cc1)S(=O)(=O)c1ccc(C)cc1. The van der Waals surface area contributed by atoms with Crippen LogP contribution in [0.3, 0.4) is 0 Å². The van der Waals surface area contributed by atoms with E-state index in [-0.39, 0.29) is 35.5 Å². The first-order chi connectivity index (χ1) is 21.5. The Balaban J connectivity index is 1.80. The topological polar surface area (TPSA) is 86.8 Å². The van der Waals surface area contributed by atoms with Gasteiger partial charge in [0.1, 0.15) is 12.6 Å². The Bertz CT molecular complexity index is 1700. The number of halogens is 2. The van der Waals surface area contributed by atoms with Crippen molar-refractivity contribution in [3.05, 3.63) is 129 Å². The summed E-state index contributed by atoms with van der Waals surface area (Å²) in [5.41, 5.74) is 2.83. The van der Waals surface area contributed by atoms with Gasteiger partial charge in [-0.2, -0.15) is 0 Å². The maximum Gasteiger partial charge on any atom is 0.264 e. The molecule has 0 saturated heterocycles. The molecule has 4 aromatic rings. The Morgan fingerprint density at radius 1 is 0.889 bits per heavy atom. The summed E-state index contributed by atoms with van der Waals surface area (Å²) in [5, 5.41) is 3.48. The van der Waals surface area contributed by atoms with Crippen molar-refractivity contribution in [1.82, 2.24) is 10.2 Å². The van der Waals surface area contributed by atoms with Gasteiger partial charge in [0.25, 0.3) is 10.0 Å². The molecular formula is C35H37BrClN3O4S. The molecule has 4 rings (SSSR count). The molecule has 0 aliphatic rings. The Morgan fingerprint density at radius 3 is 2.16 bits per heavy atom. The maximum atomic E-state index is 14.5. The van der Waals surface area contributed by atoms with Gasteiger partial charge in [-0.1, -0.05) is 94.6 Å². The third kappa shape index (κ3) is 9.19. The van der Waals surface area contributed by atoms with Crippen LogP contribution in [0.2, 0.25) is 5.02 Å². The van der Waals surface area contributed by atoms with Crippen molar-refractivity contribution >= 4 is 55.1 Å². The first kappa shape index (κ1) is 34.2. The highest BCUT2D eigenvalue weighted by Crippen LogP contribution is 2.27. The zero-order chi connectivity index (χ0) is 32.6. The van der Waals surface area contributed by atoms with Crippen molar-refractivity contribution in [2.24, 2.45) is 0 Å². The van der Waals surface area contributed by atoms with Crippen molar-refractivity contribution < 1.29 is 18.0 Å². The van der Waals surface area contributed by atoms with E-state index in [0.29, 0.717) is 11.4 Å². The minimum absolute atomic E-state index is 0.0461. The van der Waals surface area contributed by atoms with Crippen molar-refractivity contribution in [2.75, 3.05) is 10.8 Å². The van der Waals surface area contributed by atoms with Gasteiger partial charge < -0.3 is 10.2 Å². The molecule has 7 nitrogen and oxygen atoms in total. The van der Waals surface area contributed by atoms with E-state index < -0.39 is 28.5 Å². The number of nitrogens with one attached hydrogen (secondary N) is 1. The fraction of sp³-hybridized carbons (Fsp3) is 0.257. The number of hydrogen-bond donors (Lipinski definition) is 1. The van der Waals surface area contributed by atoms with Crippen LogP contribution in [0, 0.1) is 6.92 Å². The monoisotopic (exact) mass is 709 g/mol. The highest BCUT2D eigenvalue weighted by Gasteiger charge is 2.35. The fourth-order valence-corrected chi connectivity index (χ4v) is 6.79. The van der Waals surface area contributed by atoms with E-state index >= 15 is 0 Å². The molecule has 2 unspecified atom stereocenters. The van der Waals surface area contributed by atoms with E-state index in [1.165, 1.54) is 17.0 Å². The minimum atomic E-state index is -4.18. The van der Waals surface area contributed by atoms with Crippen molar-refractivity contribution in [3.8, 4) is 0 Å². The predicted octanol–water partition coefficient (Wildman–Crippen LogP) is 7.16. The van der Waals surface area contributed by atoms with Crippen LogP contribution >= 0.6 is 27.5 Å². The van der Waals surface area contributed by atoms with Gasteiger partial charge in [-0.25, -0.2) is 8.42 Å². The van der Waals surface area contributed by atoms with Gasteiger partial charge in [0.2, 0.25) is 11.8 Å². The molecule has 0 aliphatic heterocycles. The Kier molecular flexibility index (Phi) is 11.8. The predicted molar refractivity (Wildman–Crippen MR) is 184 cm³/mol. The number of aryl methyl sites for hydroxylation is 1. The molecule has 0 aromatic heterocycles. The average Bonchev–Trinajstić information content (AvgIpc) is 3.02. The summed E-state index contributed by atoms with van der Waals surface area (Å²) in [6.07, 6.45) is 0.955. The Morgan fingerprint density at radius 2 is 1.53 bits per heavy atom. The van der Waals surface area contributed by atoms with E-state index in [2.05, 4.69) is 21.2 Å². The van der Waals surface area contributed by atoms with E-state index in [1.807, 2.05) is 75.4 Å². The number of carbonyl (C=O) groups excluding carboxylic acids is 2. The van der Waals surface area contributed by atoms with E-state index in [0.717, 1.165) is 25.5 Å². The smallest absolute Gasteiger partial charge is 0.264 e. The van der Waals surface area contributed by atoms with Crippen LogP contribution in [0.5, 0.6) is 0 Å². The number of sulfonamides is 1. The lowest BCUT2D eigenvalue weighted by Gasteiger charge is -2.34. The van der Waals surface area contributed by atoms with Gasteiger partial charge in [-0.3, -0.25) is 13.9 Å². The maximum absolute atomic E-state index is 14.5. The second-order valence-electron chi connectivity index (χ2n) is 11.0. The molecule has 236 valence electrons. The molecule has 0 bridgehead atoms. The van der Waals surface area contributed by atoms with Crippen LogP contribution < -0.4 is 9.62 Å². The van der Waals surface area contributed by atoms with Gasteiger partial charge >= 0.3 is 0 Å². The van der Waals surface area contributed by atoms with Gasteiger partial charge in [0.15, 0.2) is 0 Å². The van der Waals surface area contributed by atoms with Gasteiger partial charge in [-0.15, -0.1) is 0 Å². The molecule has 0 radical (unpaired) electrons. The largest absolute Gasteiger partial charge is 0.352 e. The van der Waals surface area contributed by atoms with Crippen LogP contribution in [-0.4, -0.2) is 43.8 Å². The highest BCUT2D eigenvalue weighted by atomic mass is 79.9. The third-order valence-electron chi connectivity index (χ3n) is 7.52. The second-order valence-corrected chi connectivity index (χ2v) is 14.2. The fourth-order valence-electron chi connectivity index (χ4n) is 4.80. The van der Waals surface area contributed by atoms with Crippen LogP contribution in [0.25, 0.3) is 0 Å². The van der Waals surface area contributed by atoms with Gasteiger partial charge in [0, 0.05) is 28.5 Å². The van der Waals surface area contributed by atoms with E-state index in [1.54, 1.807) is 36.4 Å². The molecule has 0 fully saturated rings. The minimum Gasteiger partial charge on any atom is -0.352 e. The van der Waals surface area contributed by atoms with Crippen LogP contribution in [0.15, 0.2) is 112 Å². The number of carbonyl (C=O) groups is 2. The molecule has 0 aliphatic carbocycles. The Hall–Kier alpha value is -3.66. The van der Waals surface area contributed by atoms with Crippen molar-refractivity contribution in [2.45, 2.75) is 57.1 Å². The molecule has 0 spiro atoms. The molecule has 10 heteroatoms. The van der Waals surface area contributed by atoms with Gasteiger partial charge in [-0.05, 0) is 79.9 Å². The first-order valence-corrected chi connectivity index (χ1v) is 17.3. The zero-order valence-corrected chi connectivity index (χ0v) is 28.6. The number of anilines is 1. The first-order valence-electron chi connectivity index (χ1n) is 14.7. The molecular weight excluding hydrogens is 674 g/mol. The summed E-state index contributed by atoms with van der Waals surface area (Å²) in [5.74, 6) is -0.836. The van der Waals surface area contributed by atoms with E-state index in [4.69, 9.17) is 11.6 Å². The zero-order valence-electron chi connectivity index (χ0n) is 25.5. The van der Waals surface area contributed by atoms with Crippen LogP contribution in [-0.2, 0) is 32.6 Å². The summed E-state index contributed by atoms with van der Waals surface area (Å²) in [4.78, 5) is 29.9. The standard InChI is InChI=1S/C35H37BrClN3O4S/c1-4-26(3)38-35(42)33(22-27-9-6-5-7-10-27)39(23-28-11-8-12-29(36)21-28)34(41)24-40(31-17-15-30(37)16-18-31)45(43,44)32-19-13-25(2)14-20-32/h5-21,26,33H,4,22-24H2,1-3H3,(H,38,42). The summed E-state index contributed by atoms with van der Waals surface area (Å²) in [6.45, 7) is 5.31. The second kappa shape index (κ2) is 15.6. The molecule has 2 amide bonds. The lowest BCUT2D eigenvalue weighted by atomic mass is 10.0. The lowest BCUT2D eigenvalue weighted by Crippen LogP contribution is -2.54. The molecule has 1 N–H and O–H groups in total. The van der Waals surface area contributed by atoms with Crippen LogP contribution in [0.4, 0.5) is 5.69 Å². The average molecular weight is 711 g/mol. The van der Waals surface area contributed by atoms with Crippen LogP contribution in [0.1, 0.15) is 37.0 Å². The lowest BCUT2D eigenvalue weighted by molar-refractivity contribution is -0.140. The summed E-state index contributed by atoms with van der Waals surface area (Å²) in [6, 6.07) is 28.7. The number of amides is 2. The number of rotatable bonds is 13. The quantitative estimate of drug-likeness (QED) is 0.160. The summed E-state index contributed by atoms with van der Waals surface area (Å²) in [7, 11) is -4.18. The number of benzene rings is 4. The number of hydrogen-bond acceptors (Lipinski definition) is 4. The Labute approximate surface area is 279 Å². The molecule has 0 saturated carbocycles. The van der Waals surface area contributed by atoms with E-state index in [9.17, 15) is 18.0 Å². The number of nitrogens with zero attached hydrogens (tertiary/aromatic N) is 2. The normalized spacial score (nSPS) is 12.6. The molecule has 0 heterocycles.